The van der Waals surface area contributed by atoms with Gasteiger partial charge in [0.2, 0.25) is 0 Å². The zero-order valence-corrected chi connectivity index (χ0v) is 13.2. The lowest BCUT2D eigenvalue weighted by Gasteiger charge is -2.33. The van der Waals surface area contributed by atoms with E-state index in [0.717, 1.165) is 23.1 Å². The van der Waals surface area contributed by atoms with Gasteiger partial charge < -0.3 is 4.74 Å². The SMILES string of the molecule is CC1CCCCN1Cc1cc(Br)ccc1OCC(F)F. The topological polar surface area (TPSA) is 12.5 Å². The molecule has 0 saturated carbocycles. The van der Waals surface area contributed by atoms with Crippen LogP contribution in [0, 0.1) is 0 Å². The third kappa shape index (κ3) is 4.42. The van der Waals surface area contributed by atoms with Crippen LogP contribution in [-0.4, -0.2) is 30.5 Å². The molecule has 1 fully saturated rings. The first-order valence-corrected chi connectivity index (χ1v) is 7.79. The quantitative estimate of drug-likeness (QED) is 0.779. The standard InChI is InChI=1S/C15H20BrF2NO/c1-11-4-2-3-7-19(11)9-12-8-13(16)5-6-14(12)20-10-15(17)18/h5-6,8,11,15H,2-4,7,9-10H2,1H3. The fourth-order valence-electron chi connectivity index (χ4n) is 2.58. The van der Waals surface area contributed by atoms with Gasteiger partial charge in [0.1, 0.15) is 12.4 Å². The van der Waals surface area contributed by atoms with Crippen molar-refractivity contribution in [1.29, 1.82) is 0 Å². The first-order chi connectivity index (χ1) is 9.56. The average Bonchev–Trinajstić information content (AvgIpc) is 2.40. The minimum absolute atomic E-state index is 0.533. The molecule has 0 aromatic heterocycles. The second-order valence-corrected chi connectivity index (χ2v) is 6.19. The zero-order chi connectivity index (χ0) is 14.5. The van der Waals surface area contributed by atoms with E-state index in [4.69, 9.17) is 4.74 Å². The van der Waals surface area contributed by atoms with Crippen LogP contribution in [0.25, 0.3) is 0 Å². The Morgan fingerprint density at radius 3 is 2.90 bits per heavy atom. The number of hydrogen-bond acceptors (Lipinski definition) is 2. The van der Waals surface area contributed by atoms with Gasteiger partial charge >= 0.3 is 0 Å². The predicted octanol–water partition coefficient (Wildman–Crippen LogP) is 4.47. The molecule has 5 heteroatoms. The molecule has 1 aliphatic rings. The third-order valence-electron chi connectivity index (χ3n) is 3.70. The van der Waals surface area contributed by atoms with Gasteiger partial charge in [0.15, 0.2) is 0 Å². The summed E-state index contributed by atoms with van der Waals surface area (Å²) in [6.45, 7) is 3.47. The van der Waals surface area contributed by atoms with Gasteiger partial charge in [-0.15, -0.1) is 0 Å². The van der Waals surface area contributed by atoms with Crippen LogP contribution in [0.3, 0.4) is 0 Å². The van der Waals surface area contributed by atoms with E-state index in [9.17, 15) is 8.78 Å². The lowest BCUT2D eigenvalue weighted by Crippen LogP contribution is -2.36. The molecule has 2 nitrogen and oxygen atoms in total. The Kier molecular flexibility index (Phi) is 5.78. The van der Waals surface area contributed by atoms with Crippen LogP contribution < -0.4 is 4.74 Å². The molecule has 20 heavy (non-hydrogen) atoms. The molecule has 0 amide bonds. The van der Waals surface area contributed by atoms with Crippen molar-refractivity contribution in [2.24, 2.45) is 0 Å². The summed E-state index contributed by atoms with van der Waals surface area (Å²) in [6.07, 6.45) is 1.22. The molecule has 0 spiro atoms. The van der Waals surface area contributed by atoms with E-state index in [-0.39, 0.29) is 0 Å². The molecule has 1 unspecified atom stereocenters. The average molecular weight is 348 g/mol. The minimum atomic E-state index is -2.44. The Hall–Kier alpha value is -0.680. The van der Waals surface area contributed by atoms with Crippen LogP contribution in [0.2, 0.25) is 0 Å². The van der Waals surface area contributed by atoms with Crippen LogP contribution in [0.1, 0.15) is 31.7 Å². The van der Waals surface area contributed by atoms with Gasteiger partial charge in [-0.25, -0.2) is 8.78 Å². The van der Waals surface area contributed by atoms with Crippen molar-refractivity contribution in [3.8, 4) is 5.75 Å². The Morgan fingerprint density at radius 2 is 2.20 bits per heavy atom. The molecule has 0 radical (unpaired) electrons. The molecule has 1 saturated heterocycles. The number of ether oxygens (including phenoxy) is 1. The van der Waals surface area contributed by atoms with Crippen LogP contribution in [0.15, 0.2) is 22.7 Å². The van der Waals surface area contributed by atoms with Gasteiger partial charge in [0.25, 0.3) is 6.43 Å². The minimum Gasteiger partial charge on any atom is -0.487 e. The van der Waals surface area contributed by atoms with Gasteiger partial charge in [0, 0.05) is 22.6 Å². The van der Waals surface area contributed by atoms with Crippen molar-refractivity contribution in [3.63, 3.8) is 0 Å². The Bertz CT molecular complexity index is 442. The molecule has 0 bridgehead atoms. The number of alkyl halides is 2. The summed E-state index contributed by atoms with van der Waals surface area (Å²) < 4.78 is 30.8. The highest BCUT2D eigenvalue weighted by atomic mass is 79.9. The molecule has 1 aromatic rings. The van der Waals surface area contributed by atoms with Crippen LogP contribution in [-0.2, 0) is 6.54 Å². The van der Waals surface area contributed by atoms with E-state index in [2.05, 4.69) is 27.8 Å². The monoisotopic (exact) mass is 347 g/mol. The second-order valence-electron chi connectivity index (χ2n) is 5.27. The molecular formula is C15H20BrF2NO. The molecule has 112 valence electrons. The fraction of sp³-hybridized carbons (Fsp3) is 0.600. The number of halogens is 3. The number of piperidine rings is 1. The number of hydrogen-bond donors (Lipinski definition) is 0. The zero-order valence-electron chi connectivity index (χ0n) is 11.6. The van der Waals surface area contributed by atoms with E-state index in [0.29, 0.717) is 11.8 Å². The Labute approximate surface area is 127 Å². The highest BCUT2D eigenvalue weighted by molar-refractivity contribution is 9.10. The van der Waals surface area contributed by atoms with E-state index in [1.807, 2.05) is 12.1 Å². The maximum absolute atomic E-state index is 12.3. The van der Waals surface area contributed by atoms with Crippen molar-refractivity contribution in [2.45, 2.75) is 45.2 Å². The van der Waals surface area contributed by atoms with E-state index < -0.39 is 13.0 Å². The van der Waals surface area contributed by atoms with E-state index in [1.54, 1.807) is 6.07 Å². The summed E-state index contributed by atoms with van der Waals surface area (Å²) in [6, 6.07) is 6.08. The second kappa shape index (κ2) is 7.36. The summed E-state index contributed by atoms with van der Waals surface area (Å²) in [5.41, 5.74) is 0.966. The van der Waals surface area contributed by atoms with Crippen LogP contribution >= 0.6 is 15.9 Å². The van der Waals surface area contributed by atoms with Gasteiger partial charge in [0.05, 0.1) is 0 Å². The molecule has 1 heterocycles. The van der Waals surface area contributed by atoms with Crippen molar-refractivity contribution in [3.05, 3.63) is 28.2 Å². The van der Waals surface area contributed by atoms with E-state index >= 15 is 0 Å². The molecule has 0 N–H and O–H groups in total. The van der Waals surface area contributed by atoms with Crippen molar-refractivity contribution < 1.29 is 13.5 Å². The summed E-state index contributed by atoms with van der Waals surface area (Å²) in [4.78, 5) is 2.39. The lowest BCUT2D eigenvalue weighted by molar-refractivity contribution is 0.0801. The Balaban J connectivity index is 2.09. The normalized spacial score (nSPS) is 20.4. The summed E-state index contributed by atoms with van der Waals surface area (Å²) >= 11 is 3.43. The fourth-order valence-corrected chi connectivity index (χ4v) is 2.98. The highest BCUT2D eigenvalue weighted by Crippen LogP contribution is 2.27. The first-order valence-electron chi connectivity index (χ1n) is 6.99. The van der Waals surface area contributed by atoms with Crippen LogP contribution in [0.5, 0.6) is 5.75 Å². The van der Waals surface area contributed by atoms with E-state index in [1.165, 1.54) is 19.3 Å². The maximum Gasteiger partial charge on any atom is 0.272 e. The molecule has 2 rings (SSSR count). The lowest BCUT2D eigenvalue weighted by atomic mass is 10.0. The van der Waals surface area contributed by atoms with Crippen LogP contribution in [0.4, 0.5) is 8.78 Å². The summed E-state index contributed by atoms with van der Waals surface area (Å²) in [5.74, 6) is 0.561. The predicted molar refractivity (Wildman–Crippen MR) is 79.4 cm³/mol. The van der Waals surface area contributed by atoms with Gasteiger partial charge in [-0.05, 0) is 44.5 Å². The molecular weight excluding hydrogens is 328 g/mol. The largest absolute Gasteiger partial charge is 0.487 e. The van der Waals surface area contributed by atoms with Crippen molar-refractivity contribution >= 4 is 15.9 Å². The number of benzene rings is 1. The number of likely N-dealkylation sites (tertiary alicyclic amines) is 1. The summed E-state index contributed by atoms with van der Waals surface area (Å²) in [7, 11) is 0. The molecule has 0 aliphatic carbocycles. The highest BCUT2D eigenvalue weighted by Gasteiger charge is 2.20. The van der Waals surface area contributed by atoms with Gasteiger partial charge in [-0.3, -0.25) is 4.90 Å². The van der Waals surface area contributed by atoms with Gasteiger partial charge in [-0.2, -0.15) is 0 Å². The first kappa shape index (κ1) is 15.7. The summed E-state index contributed by atoms with van der Waals surface area (Å²) in [5, 5.41) is 0. The molecule has 1 aromatic carbocycles. The molecule has 1 aliphatic heterocycles. The maximum atomic E-state index is 12.3. The van der Waals surface area contributed by atoms with Gasteiger partial charge in [-0.1, -0.05) is 22.4 Å². The third-order valence-corrected chi connectivity index (χ3v) is 4.19. The number of nitrogens with zero attached hydrogens (tertiary/aromatic N) is 1. The Morgan fingerprint density at radius 1 is 1.40 bits per heavy atom. The van der Waals surface area contributed by atoms with Crippen molar-refractivity contribution in [1.82, 2.24) is 4.90 Å². The molecule has 1 atom stereocenters. The smallest absolute Gasteiger partial charge is 0.272 e. The number of rotatable bonds is 5. The van der Waals surface area contributed by atoms with Crippen molar-refractivity contribution in [2.75, 3.05) is 13.2 Å².